The molecule has 0 saturated heterocycles. The van der Waals surface area contributed by atoms with Crippen molar-refractivity contribution in [1.29, 1.82) is 0 Å². The van der Waals surface area contributed by atoms with Crippen LogP contribution in [0, 0.1) is 0 Å². The first kappa shape index (κ1) is 4.63. The highest BCUT2D eigenvalue weighted by atomic mass is 35.5. The Bertz CT molecular complexity index is 157. The minimum atomic E-state index is 0.287. The zero-order chi connectivity index (χ0) is 5.56. The van der Waals surface area contributed by atoms with Crippen LogP contribution in [0.3, 0.4) is 0 Å². The van der Waals surface area contributed by atoms with E-state index in [4.69, 9.17) is 11.6 Å². The largest absolute Gasteiger partial charge is 0.113 e. The Morgan fingerprint density at radius 3 is 1.88 bits per heavy atom. The van der Waals surface area contributed by atoms with Crippen LogP contribution in [0.25, 0.3) is 0 Å². The summed E-state index contributed by atoms with van der Waals surface area (Å²) in [4.78, 5) is 0. The molecule has 0 heterocycles. The lowest BCUT2D eigenvalue weighted by atomic mass is 10.2. The molecule has 8 heavy (non-hydrogen) atoms. The van der Waals surface area contributed by atoms with Gasteiger partial charge in [0.1, 0.15) is 0 Å². The second-order valence-electron chi connectivity index (χ2n) is 2.35. The van der Waals surface area contributed by atoms with E-state index in [-0.39, 0.29) is 5.38 Å². The summed E-state index contributed by atoms with van der Waals surface area (Å²) in [5, 5.41) is 0.287. The van der Waals surface area contributed by atoms with Gasteiger partial charge in [0, 0.05) is 0 Å². The van der Waals surface area contributed by atoms with Gasteiger partial charge in [-0.1, -0.05) is 12.2 Å². The summed E-state index contributed by atoms with van der Waals surface area (Å²) in [7, 11) is 0. The van der Waals surface area contributed by atoms with Gasteiger partial charge in [-0.3, -0.25) is 0 Å². The molecule has 0 amide bonds. The fourth-order valence-corrected chi connectivity index (χ4v) is 1.69. The molecule has 2 aliphatic carbocycles. The number of alkyl halides is 1. The van der Waals surface area contributed by atoms with Crippen LogP contribution in [-0.4, -0.2) is 5.38 Å². The summed E-state index contributed by atoms with van der Waals surface area (Å²) < 4.78 is 0. The molecule has 0 nitrogen and oxygen atoms in total. The van der Waals surface area contributed by atoms with Crippen LogP contribution >= 0.6 is 11.6 Å². The molecule has 2 bridgehead atoms. The van der Waals surface area contributed by atoms with Gasteiger partial charge >= 0.3 is 0 Å². The third kappa shape index (κ3) is 0.416. The predicted octanol–water partition coefficient (Wildman–Crippen LogP) is 2.25. The van der Waals surface area contributed by atoms with E-state index in [1.54, 1.807) is 0 Å². The number of allylic oxidation sites excluding steroid dienone is 4. The average molecular weight is 127 g/mol. The van der Waals surface area contributed by atoms with Crippen molar-refractivity contribution >= 4 is 11.6 Å². The summed E-state index contributed by atoms with van der Waals surface area (Å²) in [5.41, 5.74) is 2.84. The molecule has 0 aromatic rings. The van der Waals surface area contributed by atoms with Gasteiger partial charge in [0.25, 0.3) is 0 Å². The van der Waals surface area contributed by atoms with Gasteiger partial charge < -0.3 is 0 Å². The molecule has 0 aromatic carbocycles. The fourth-order valence-electron chi connectivity index (χ4n) is 1.33. The van der Waals surface area contributed by atoms with Crippen molar-refractivity contribution < 1.29 is 0 Å². The van der Waals surface area contributed by atoms with E-state index >= 15 is 0 Å². The maximum Gasteiger partial charge on any atom is 0.0761 e. The van der Waals surface area contributed by atoms with Gasteiger partial charge in [-0.2, -0.15) is 0 Å². The van der Waals surface area contributed by atoms with Crippen LogP contribution < -0.4 is 0 Å². The van der Waals surface area contributed by atoms with Crippen molar-refractivity contribution in [2.45, 2.75) is 18.2 Å². The van der Waals surface area contributed by atoms with E-state index in [1.807, 2.05) is 0 Å². The second-order valence-corrected chi connectivity index (χ2v) is 2.78. The average Bonchev–Trinajstić information content (AvgIpc) is 2.29. The predicted molar refractivity (Wildman–Crippen MR) is 35.0 cm³/mol. The highest BCUT2D eigenvalue weighted by molar-refractivity contribution is 6.25. The molecule has 0 unspecified atom stereocenters. The van der Waals surface area contributed by atoms with Crippen LogP contribution in [0.4, 0.5) is 0 Å². The molecule has 0 aliphatic heterocycles. The SMILES string of the molecule is ClC1C2=CC=C1CC2. The Balaban J connectivity index is 2.44. The molecule has 0 aromatic heterocycles. The van der Waals surface area contributed by atoms with Crippen molar-refractivity contribution in [2.24, 2.45) is 0 Å². The Hall–Kier alpha value is -0.230. The lowest BCUT2D eigenvalue weighted by Gasteiger charge is -1.93. The Morgan fingerprint density at radius 1 is 1.25 bits per heavy atom. The van der Waals surface area contributed by atoms with Gasteiger partial charge in [0.05, 0.1) is 5.38 Å². The normalized spacial score (nSPS) is 26.1. The number of hydrogen-bond acceptors (Lipinski definition) is 0. The summed E-state index contributed by atoms with van der Waals surface area (Å²) >= 11 is 5.94. The van der Waals surface area contributed by atoms with Crippen LogP contribution in [0.5, 0.6) is 0 Å². The zero-order valence-corrected chi connectivity index (χ0v) is 5.28. The number of hydrogen-bond donors (Lipinski definition) is 0. The summed E-state index contributed by atoms with van der Waals surface area (Å²) in [6.07, 6.45) is 6.72. The van der Waals surface area contributed by atoms with Gasteiger partial charge in [0.15, 0.2) is 0 Å². The third-order valence-electron chi connectivity index (χ3n) is 1.86. The third-order valence-corrected chi connectivity index (χ3v) is 2.43. The summed E-state index contributed by atoms with van der Waals surface area (Å²) in [6.45, 7) is 0. The molecule has 1 fully saturated rings. The van der Waals surface area contributed by atoms with Gasteiger partial charge in [-0.25, -0.2) is 0 Å². The monoisotopic (exact) mass is 126 g/mol. The Labute approximate surface area is 53.8 Å². The molecule has 0 N–H and O–H groups in total. The van der Waals surface area contributed by atoms with Crippen LogP contribution in [0.2, 0.25) is 0 Å². The minimum Gasteiger partial charge on any atom is -0.113 e. The standard InChI is InChI=1S/C7H7Cl/c8-7-5-1-2-6(7)4-3-5/h1-2,7H,3-4H2. The minimum absolute atomic E-state index is 0.287. The molecule has 42 valence electrons. The smallest absolute Gasteiger partial charge is 0.0761 e. The lowest BCUT2D eigenvalue weighted by Crippen LogP contribution is -1.89. The summed E-state index contributed by atoms with van der Waals surface area (Å²) in [6, 6.07) is 0. The number of halogens is 1. The number of rotatable bonds is 0. The van der Waals surface area contributed by atoms with Crippen molar-refractivity contribution in [3.05, 3.63) is 23.3 Å². The quantitative estimate of drug-likeness (QED) is 0.437. The van der Waals surface area contributed by atoms with E-state index in [1.165, 1.54) is 24.0 Å². The highest BCUT2D eigenvalue weighted by Gasteiger charge is 2.26. The van der Waals surface area contributed by atoms with Crippen molar-refractivity contribution in [1.82, 2.24) is 0 Å². The highest BCUT2D eigenvalue weighted by Crippen LogP contribution is 2.38. The Morgan fingerprint density at radius 2 is 1.75 bits per heavy atom. The van der Waals surface area contributed by atoms with Crippen LogP contribution in [0.1, 0.15) is 12.8 Å². The molecule has 2 aliphatic rings. The van der Waals surface area contributed by atoms with Gasteiger partial charge in [0.2, 0.25) is 0 Å². The summed E-state index contributed by atoms with van der Waals surface area (Å²) in [5.74, 6) is 0. The first-order valence-corrected chi connectivity index (χ1v) is 3.35. The molecule has 0 atom stereocenters. The second kappa shape index (κ2) is 1.38. The molecule has 1 saturated carbocycles. The van der Waals surface area contributed by atoms with Crippen molar-refractivity contribution in [2.75, 3.05) is 0 Å². The first-order chi connectivity index (χ1) is 3.88. The van der Waals surface area contributed by atoms with E-state index in [0.717, 1.165) is 0 Å². The van der Waals surface area contributed by atoms with Gasteiger partial charge in [-0.05, 0) is 24.0 Å². The molecule has 2 rings (SSSR count). The first-order valence-electron chi connectivity index (χ1n) is 2.91. The lowest BCUT2D eigenvalue weighted by molar-refractivity contribution is 1.04. The van der Waals surface area contributed by atoms with Gasteiger partial charge in [-0.15, -0.1) is 11.6 Å². The molecular formula is C7H7Cl. The van der Waals surface area contributed by atoms with E-state index in [9.17, 15) is 0 Å². The molecule has 1 heteroatoms. The number of fused-ring (bicyclic) bond motifs is 2. The maximum atomic E-state index is 5.94. The van der Waals surface area contributed by atoms with E-state index < -0.39 is 0 Å². The maximum absolute atomic E-state index is 5.94. The van der Waals surface area contributed by atoms with Crippen LogP contribution in [0.15, 0.2) is 23.3 Å². The Kier molecular flexibility index (Phi) is 0.800. The van der Waals surface area contributed by atoms with Crippen LogP contribution in [-0.2, 0) is 0 Å². The molecule has 0 radical (unpaired) electrons. The molecular weight excluding hydrogens is 120 g/mol. The fraction of sp³-hybridized carbons (Fsp3) is 0.429. The van der Waals surface area contributed by atoms with E-state index in [2.05, 4.69) is 12.2 Å². The zero-order valence-electron chi connectivity index (χ0n) is 4.52. The van der Waals surface area contributed by atoms with Crippen molar-refractivity contribution in [3.63, 3.8) is 0 Å². The van der Waals surface area contributed by atoms with E-state index in [0.29, 0.717) is 0 Å². The topological polar surface area (TPSA) is 0 Å². The molecule has 0 spiro atoms. The van der Waals surface area contributed by atoms with Crippen molar-refractivity contribution in [3.8, 4) is 0 Å².